The van der Waals surface area contributed by atoms with Crippen LogP contribution in [-0.4, -0.2) is 38.9 Å². The zero-order chi connectivity index (χ0) is 34.4. The van der Waals surface area contributed by atoms with Crippen LogP contribution in [0.1, 0.15) is 61.7 Å². The molecular weight excluding hydrogens is 698 g/mol. The molecule has 0 spiro atoms. The van der Waals surface area contributed by atoms with Crippen molar-refractivity contribution in [2.45, 2.75) is 77.8 Å². The van der Waals surface area contributed by atoms with Gasteiger partial charge in [-0.2, -0.15) is 0 Å². The average molecular weight is 742 g/mol. The van der Waals surface area contributed by atoms with Gasteiger partial charge < -0.3 is 0 Å². The number of nitrogens with zero attached hydrogens (tertiary/aromatic N) is 2. The Bertz CT molecular complexity index is 2650. The molecule has 7 aromatic rings. The first kappa shape index (κ1) is 30.6. The third kappa shape index (κ3) is 4.17. The second-order valence-corrected chi connectivity index (χ2v) is 23.7. The Labute approximate surface area is 309 Å². The van der Waals surface area contributed by atoms with Gasteiger partial charge in [-0.15, -0.1) is 0 Å². The summed E-state index contributed by atoms with van der Waals surface area (Å²) in [6.07, 6.45) is 7.26. The normalized spacial score (nSPS) is 16.7. The van der Waals surface area contributed by atoms with Crippen LogP contribution < -0.4 is 35.7 Å². The second-order valence-electron chi connectivity index (χ2n) is 17.1. The summed E-state index contributed by atoms with van der Waals surface area (Å²) in [5.74, 6) is 0. The summed E-state index contributed by atoms with van der Waals surface area (Å²) >= 11 is 0.242. The van der Waals surface area contributed by atoms with E-state index in [0.29, 0.717) is 0 Å². The molecule has 0 saturated carbocycles. The van der Waals surface area contributed by atoms with Gasteiger partial charge in [-0.3, -0.25) is 0 Å². The number of rotatable bonds is 2. The van der Waals surface area contributed by atoms with Gasteiger partial charge in [0.2, 0.25) is 0 Å². The van der Waals surface area contributed by atoms with Crippen LogP contribution >= 0.6 is 0 Å². The minimum atomic E-state index is -2.06. The zero-order valence-corrected chi connectivity index (χ0v) is 33.1. The SMILES string of the molecule is CC(C)(C)c1cc2c3c(c1)[Si](C)(C)c1cc(-n4c5c(c6ccccc64)CCC5)ccc1B3c1ccc(-n3c4c(c5ccccc53)CCC4)cc1[Se]2. The molecule has 0 bridgehead atoms. The maximum atomic E-state index is 2.65. The first-order valence-corrected chi connectivity index (χ1v) is 23.8. The molecule has 0 amide bonds. The van der Waals surface area contributed by atoms with Crippen LogP contribution in [0.5, 0.6) is 0 Å². The first-order chi connectivity index (χ1) is 24.7. The van der Waals surface area contributed by atoms with Crippen molar-refractivity contribution in [3.63, 3.8) is 0 Å². The Morgan fingerprint density at radius 3 is 1.82 bits per heavy atom. The van der Waals surface area contributed by atoms with Gasteiger partial charge in [0.15, 0.2) is 0 Å². The molecule has 0 atom stereocenters. The van der Waals surface area contributed by atoms with Crippen molar-refractivity contribution in [2.75, 3.05) is 0 Å². The summed E-state index contributed by atoms with van der Waals surface area (Å²) in [5.41, 5.74) is 18.0. The van der Waals surface area contributed by atoms with Crippen LogP contribution in [0.2, 0.25) is 13.1 Å². The average Bonchev–Trinajstić information content (AvgIpc) is 3.91. The molecular formula is C46H43BN2SeSi. The molecule has 0 N–H and O–H groups in total. The van der Waals surface area contributed by atoms with Crippen molar-refractivity contribution < 1.29 is 0 Å². The number of hydrogen-bond donors (Lipinski definition) is 0. The van der Waals surface area contributed by atoms with E-state index in [1.54, 1.807) is 41.3 Å². The molecule has 11 rings (SSSR count). The summed E-state index contributed by atoms with van der Waals surface area (Å²) in [4.78, 5) is 0. The van der Waals surface area contributed by atoms with Crippen molar-refractivity contribution in [1.29, 1.82) is 0 Å². The van der Waals surface area contributed by atoms with Crippen molar-refractivity contribution in [3.8, 4) is 11.4 Å². The Morgan fingerprint density at radius 2 is 1.20 bits per heavy atom. The van der Waals surface area contributed by atoms with Crippen LogP contribution in [0.25, 0.3) is 33.2 Å². The van der Waals surface area contributed by atoms with E-state index >= 15 is 0 Å². The van der Waals surface area contributed by atoms with Crippen LogP contribution in [0.4, 0.5) is 0 Å². The van der Waals surface area contributed by atoms with Gasteiger partial charge in [0.25, 0.3) is 0 Å². The van der Waals surface area contributed by atoms with Gasteiger partial charge in [-0.25, -0.2) is 0 Å². The summed E-state index contributed by atoms with van der Waals surface area (Å²) in [5, 5.41) is 6.19. The van der Waals surface area contributed by atoms with E-state index in [0.717, 1.165) is 0 Å². The van der Waals surface area contributed by atoms with Gasteiger partial charge in [-0.1, -0.05) is 0 Å². The zero-order valence-electron chi connectivity index (χ0n) is 30.4. The summed E-state index contributed by atoms with van der Waals surface area (Å²) in [6, 6.07) is 38.7. The number of para-hydroxylation sites is 2. The number of aromatic nitrogens is 2. The van der Waals surface area contributed by atoms with Crippen molar-refractivity contribution >= 4 is 87.2 Å². The number of hydrogen-bond acceptors (Lipinski definition) is 0. The third-order valence-corrected chi connectivity index (χ3v) is 18.8. The quantitative estimate of drug-likeness (QED) is 0.208. The van der Waals surface area contributed by atoms with Crippen molar-refractivity contribution in [2.24, 2.45) is 0 Å². The molecule has 5 heteroatoms. The van der Waals surface area contributed by atoms with E-state index in [-0.39, 0.29) is 27.1 Å². The third-order valence-electron chi connectivity index (χ3n) is 12.9. The van der Waals surface area contributed by atoms with E-state index in [1.807, 2.05) is 0 Å². The van der Waals surface area contributed by atoms with Crippen LogP contribution in [0.15, 0.2) is 97.1 Å². The Hall–Kier alpha value is -4.02. The van der Waals surface area contributed by atoms with Gasteiger partial charge in [0.05, 0.1) is 0 Å². The van der Waals surface area contributed by atoms with E-state index in [9.17, 15) is 0 Å². The van der Waals surface area contributed by atoms with Crippen molar-refractivity contribution in [3.05, 3.63) is 125 Å². The fraction of sp³-hybridized carbons (Fsp3) is 0.261. The number of benzene rings is 5. The second kappa shape index (κ2) is 10.5. The number of fused-ring (bicyclic) bond motifs is 10. The molecule has 0 fully saturated rings. The van der Waals surface area contributed by atoms with Crippen LogP contribution in [0, 0.1) is 0 Å². The van der Waals surface area contributed by atoms with Crippen LogP contribution in [-0.2, 0) is 31.1 Å². The molecule has 0 saturated heterocycles. The predicted octanol–water partition coefficient (Wildman–Crippen LogP) is 5.47. The molecule has 2 aliphatic heterocycles. The van der Waals surface area contributed by atoms with E-state index < -0.39 is 8.07 Å². The molecule has 250 valence electrons. The molecule has 0 radical (unpaired) electrons. The Morgan fingerprint density at radius 1 is 0.608 bits per heavy atom. The van der Waals surface area contributed by atoms with E-state index in [2.05, 4.69) is 140 Å². The minimum absolute atomic E-state index is 0.0983. The summed E-state index contributed by atoms with van der Waals surface area (Å²) in [6.45, 7) is 12.8. The molecule has 5 aromatic carbocycles. The molecule has 2 aliphatic carbocycles. The van der Waals surface area contributed by atoms with Gasteiger partial charge >= 0.3 is 311 Å². The monoisotopic (exact) mass is 742 g/mol. The molecule has 2 aromatic heterocycles. The molecule has 4 aliphatic rings. The predicted molar refractivity (Wildman–Crippen MR) is 222 cm³/mol. The van der Waals surface area contributed by atoms with Crippen LogP contribution in [0.3, 0.4) is 0 Å². The Balaban J connectivity index is 1.14. The van der Waals surface area contributed by atoms with E-state index in [4.69, 9.17) is 0 Å². The Kier molecular flexibility index (Phi) is 6.32. The van der Waals surface area contributed by atoms with Gasteiger partial charge in [0.1, 0.15) is 0 Å². The van der Waals surface area contributed by atoms with E-state index in [1.165, 1.54) is 94.1 Å². The van der Waals surface area contributed by atoms with Gasteiger partial charge in [-0.05, 0) is 0 Å². The van der Waals surface area contributed by atoms with Gasteiger partial charge in [0, 0.05) is 0 Å². The standard InChI is InChI=1S/C46H43BN2SeSi/c1-46(2,3)28-24-42-45-44(25-28)51(4,5)43-27-30(49-38-17-9-7-13-32(38)34-15-11-19-40(34)49)21-23-36(43)47(45)35-22-20-29(26-41(35)50-42)48-37-16-8-6-12-31(37)33-14-10-18-39(33)48/h6-9,12-13,16-17,20-27H,10-11,14-15,18-19H2,1-5H3. The number of aryl methyl sites for hydroxylation is 2. The summed E-state index contributed by atoms with van der Waals surface area (Å²) < 4.78 is 8.41. The molecule has 4 heterocycles. The molecule has 2 nitrogen and oxygen atoms in total. The first-order valence-electron chi connectivity index (χ1n) is 19.1. The van der Waals surface area contributed by atoms with Crippen molar-refractivity contribution in [1.82, 2.24) is 9.13 Å². The molecule has 0 unspecified atom stereocenters. The maximum absolute atomic E-state index is 2.65. The fourth-order valence-electron chi connectivity index (χ4n) is 10.4. The topological polar surface area (TPSA) is 9.86 Å². The fourth-order valence-corrected chi connectivity index (χ4v) is 16.5. The molecule has 51 heavy (non-hydrogen) atoms. The summed E-state index contributed by atoms with van der Waals surface area (Å²) in [7, 11) is -2.06.